The van der Waals surface area contributed by atoms with Gasteiger partial charge in [0.05, 0.1) is 6.61 Å². The highest BCUT2D eigenvalue weighted by Crippen LogP contribution is 2.16. The number of aromatic nitrogens is 1. The SMILES string of the molecule is CCOC(=O)/C=C/c1c(CCN)ccnc1CC. The molecular weight excluding hydrogens is 228 g/mol. The van der Waals surface area contributed by atoms with Crippen molar-refractivity contribution in [3.8, 4) is 0 Å². The van der Waals surface area contributed by atoms with E-state index in [1.807, 2.05) is 13.0 Å². The molecule has 1 heterocycles. The number of nitrogens with two attached hydrogens (primary N) is 1. The molecule has 98 valence electrons. The molecule has 0 aliphatic carbocycles. The minimum Gasteiger partial charge on any atom is -0.463 e. The maximum Gasteiger partial charge on any atom is 0.330 e. The summed E-state index contributed by atoms with van der Waals surface area (Å²) in [7, 11) is 0. The summed E-state index contributed by atoms with van der Waals surface area (Å²) in [5, 5.41) is 0. The first-order valence-electron chi connectivity index (χ1n) is 6.24. The molecule has 0 aliphatic heterocycles. The molecule has 0 aromatic carbocycles. The summed E-state index contributed by atoms with van der Waals surface area (Å²) in [5.41, 5.74) is 8.66. The summed E-state index contributed by atoms with van der Waals surface area (Å²) in [6.07, 6.45) is 6.60. The first-order valence-corrected chi connectivity index (χ1v) is 6.24. The Balaban J connectivity index is 3.00. The average molecular weight is 248 g/mol. The van der Waals surface area contributed by atoms with Crippen molar-refractivity contribution >= 4 is 12.0 Å². The molecule has 0 amide bonds. The van der Waals surface area contributed by atoms with E-state index in [1.54, 1.807) is 19.2 Å². The summed E-state index contributed by atoms with van der Waals surface area (Å²) in [4.78, 5) is 15.7. The second kappa shape index (κ2) is 7.61. The zero-order valence-corrected chi connectivity index (χ0v) is 11.0. The maximum absolute atomic E-state index is 11.3. The highest BCUT2D eigenvalue weighted by molar-refractivity contribution is 5.87. The van der Waals surface area contributed by atoms with Gasteiger partial charge >= 0.3 is 5.97 Å². The van der Waals surface area contributed by atoms with Gasteiger partial charge in [0.2, 0.25) is 0 Å². The first-order chi connectivity index (χ1) is 8.72. The van der Waals surface area contributed by atoms with Crippen LogP contribution in [0, 0.1) is 0 Å². The fourth-order valence-electron chi connectivity index (χ4n) is 1.76. The average Bonchev–Trinajstić information content (AvgIpc) is 2.37. The molecule has 1 rings (SSSR count). The monoisotopic (exact) mass is 248 g/mol. The van der Waals surface area contributed by atoms with Crippen molar-refractivity contribution in [1.82, 2.24) is 4.98 Å². The van der Waals surface area contributed by atoms with Crippen LogP contribution in [-0.4, -0.2) is 24.1 Å². The zero-order chi connectivity index (χ0) is 13.4. The Bertz CT molecular complexity index is 428. The Kier molecular flexibility index (Phi) is 6.08. The van der Waals surface area contributed by atoms with Crippen LogP contribution in [0.4, 0.5) is 0 Å². The number of aryl methyl sites for hydroxylation is 1. The van der Waals surface area contributed by atoms with E-state index in [2.05, 4.69) is 4.98 Å². The summed E-state index contributed by atoms with van der Waals surface area (Å²) in [6, 6.07) is 1.94. The Morgan fingerprint density at radius 1 is 1.50 bits per heavy atom. The smallest absolute Gasteiger partial charge is 0.330 e. The Labute approximate surface area is 108 Å². The van der Waals surface area contributed by atoms with Crippen LogP contribution in [0.15, 0.2) is 18.3 Å². The van der Waals surface area contributed by atoms with E-state index in [1.165, 1.54) is 6.08 Å². The second-order valence-corrected chi connectivity index (χ2v) is 3.81. The van der Waals surface area contributed by atoms with Crippen molar-refractivity contribution in [1.29, 1.82) is 0 Å². The zero-order valence-electron chi connectivity index (χ0n) is 11.0. The highest BCUT2D eigenvalue weighted by Gasteiger charge is 2.06. The van der Waals surface area contributed by atoms with Crippen molar-refractivity contribution in [3.63, 3.8) is 0 Å². The van der Waals surface area contributed by atoms with E-state index in [4.69, 9.17) is 10.5 Å². The lowest BCUT2D eigenvalue weighted by molar-refractivity contribution is -0.137. The summed E-state index contributed by atoms with van der Waals surface area (Å²) < 4.78 is 4.87. The third-order valence-corrected chi connectivity index (χ3v) is 2.58. The number of nitrogens with zero attached hydrogens (tertiary/aromatic N) is 1. The van der Waals surface area contributed by atoms with Gasteiger partial charge in [0.1, 0.15) is 0 Å². The van der Waals surface area contributed by atoms with Gasteiger partial charge in [-0.25, -0.2) is 4.79 Å². The van der Waals surface area contributed by atoms with E-state index in [9.17, 15) is 4.79 Å². The molecule has 0 saturated carbocycles. The molecule has 2 N–H and O–H groups in total. The van der Waals surface area contributed by atoms with Crippen molar-refractivity contribution in [3.05, 3.63) is 35.2 Å². The van der Waals surface area contributed by atoms with Gasteiger partial charge in [-0.3, -0.25) is 4.98 Å². The quantitative estimate of drug-likeness (QED) is 0.615. The van der Waals surface area contributed by atoms with Crippen LogP contribution >= 0.6 is 0 Å². The second-order valence-electron chi connectivity index (χ2n) is 3.81. The van der Waals surface area contributed by atoms with Gasteiger partial charge in [-0.05, 0) is 49.6 Å². The van der Waals surface area contributed by atoms with Crippen molar-refractivity contribution in [2.45, 2.75) is 26.7 Å². The third-order valence-electron chi connectivity index (χ3n) is 2.58. The van der Waals surface area contributed by atoms with E-state index in [0.29, 0.717) is 13.2 Å². The molecule has 0 aliphatic rings. The molecule has 0 fully saturated rings. The molecule has 1 aromatic rings. The molecule has 0 atom stereocenters. The van der Waals surface area contributed by atoms with Gasteiger partial charge in [0.15, 0.2) is 0 Å². The van der Waals surface area contributed by atoms with Gasteiger partial charge in [0, 0.05) is 18.0 Å². The van der Waals surface area contributed by atoms with Crippen LogP contribution in [-0.2, 0) is 22.4 Å². The highest BCUT2D eigenvalue weighted by atomic mass is 16.5. The fraction of sp³-hybridized carbons (Fsp3) is 0.429. The van der Waals surface area contributed by atoms with Crippen LogP contribution in [0.3, 0.4) is 0 Å². The number of pyridine rings is 1. The van der Waals surface area contributed by atoms with E-state index < -0.39 is 0 Å². The van der Waals surface area contributed by atoms with Crippen LogP contribution in [0.1, 0.15) is 30.7 Å². The normalized spacial score (nSPS) is 10.8. The van der Waals surface area contributed by atoms with Crippen LogP contribution < -0.4 is 5.73 Å². The summed E-state index contributed by atoms with van der Waals surface area (Å²) in [5.74, 6) is -0.331. The number of esters is 1. The van der Waals surface area contributed by atoms with Gasteiger partial charge in [-0.15, -0.1) is 0 Å². The lowest BCUT2D eigenvalue weighted by atomic mass is 10.0. The van der Waals surface area contributed by atoms with Crippen LogP contribution in [0.25, 0.3) is 6.08 Å². The number of ether oxygens (including phenoxy) is 1. The Hall–Kier alpha value is -1.68. The minimum absolute atomic E-state index is 0.331. The first kappa shape index (κ1) is 14.4. The number of hydrogen-bond acceptors (Lipinski definition) is 4. The molecule has 0 saturated heterocycles. The topological polar surface area (TPSA) is 65.2 Å². The number of carbonyl (C=O) groups is 1. The van der Waals surface area contributed by atoms with Crippen molar-refractivity contribution in [2.75, 3.05) is 13.2 Å². The van der Waals surface area contributed by atoms with E-state index in [0.717, 1.165) is 29.7 Å². The molecule has 0 bridgehead atoms. The number of rotatable bonds is 6. The van der Waals surface area contributed by atoms with Gasteiger partial charge in [-0.2, -0.15) is 0 Å². The molecule has 4 nitrogen and oxygen atoms in total. The summed E-state index contributed by atoms with van der Waals surface area (Å²) >= 11 is 0. The van der Waals surface area contributed by atoms with Crippen LogP contribution in [0.5, 0.6) is 0 Å². The van der Waals surface area contributed by atoms with Crippen LogP contribution in [0.2, 0.25) is 0 Å². The fourth-order valence-corrected chi connectivity index (χ4v) is 1.76. The lowest BCUT2D eigenvalue weighted by Crippen LogP contribution is -2.07. The molecular formula is C14H20N2O2. The predicted octanol–water partition coefficient (Wildman–Crippen LogP) is 1.72. The third kappa shape index (κ3) is 3.96. The van der Waals surface area contributed by atoms with Gasteiger partial charge < -0.3 is 10.5 Å². The summed E-state index contributed by atoms with van der Waals surface area (Å²) in [6.45, 7) is 4.78. The van der Waals surface area contributed by atoms with Crippen molar-refractivity contribution < 1.29 is 9.53 Å². The predicted molar refractivity (Wildman–Crippen MR) is 72.0 cm³/mol. The molecule has 1 aromatic heterocycles. The molecule has 0 unspecified atom stereocenters. The number of hydrogen-bond donors (Lipinski definition) is 1. The van der Waals surface area contributed by atoms with E-state index >= 15 is 0 Å². The van der Waals surface area contributed by atoms with Gasteiger partial charge in [-0.1, -0.05) is 6.92 Å². The number of carbonyl (C=O) groups excluding carboxylic acids is 1. The minimum atomic E-state index is -0.331. The van der Waals surface area contributed by atoms with E-state index in [-0.39, 0.29) is 5.97 Å². The Morgan fingerprint density at radius 2 is 2.28 bits per heavy atom. The maximum atomic E-state index is 11.3. The van der Waals surface area contributed by atoms with Gasteiger partial charge in [0.25, 0.3) is 0 Å². The molecule has 0 spiro atoms. The molecule has 18 heavy (non-hydrogen) atoms. The molecule has 4 heteroatoms. The standard InChI is InChI=1S/C14H20N2O2/c1-3-13-12(5-6-14(17)18-4-2)11(7-9-15)8-10-16-13/h5-6,8,10H,3-4,7,9,15H2,1-2H3/b6-5+. The molecule has 0 radical (unpaired) electrons. The lowest BCUT2D eigenvalue weighted by Gasteiger charge is -2.08. The van der Waals surface area contributed by atoms with Crippen molar-refractivity contribution in [2.24, 2.45) is 5.73 Å². The Morgan fingerprint density at radius 3 is 2.89 bits per heavy atom. The largest absolute Gasteiger partial charge is 0.463 e.